The van der Waals surface area contributed by atoms with E-state index in [0.29, 0.717) is 5.82 Å². The van der Waals surface area contributed by atoms with Crippen LogP contribution in [0.3, 0.4) is 0 Å². The van der Waals surface area contributed by atoms with E-state index in [9.17, 15) is 0 Å². The fraction of sp³-hybridized carbons (Fsp3) is 0. The van der Waals surface area contributed by atoms with Crippen molar-refractivity contribution >= 4 is 22.2 Å². The fourth-order valence-corrected chi connectivity index (χ4v) is 1.69. The molecule has 0 aliphatic rings. The molecule has 0 spiro atoms. The standard InChI is InChI=1S/C10H8N4/c11-10-9-7(12-6-13-10)5-14-4-2-1-3-8(9)14/h1-6H,(H2,11,12,13). The molecule has 0 saturated heterocycles. The third-order valence-electron chi connectivity index (χ3n) is 2.31. The first kappa shape index (κ1) is 7.32. The van der Waals surface area contributed by atoms with Gasteiger partial charge < -0.3 is 10.1 Å². The van der Waals surface area contributed by atoms with Crippen LogP contribution in [-0.2, 0) is 0 Å². The maximum atomic E-state index is 5.80. The van der Waals surface area contributed by atoms with Gasteiger partial charge in [-0.05, 0) is 12.1 Å². The van der Waals surface area contributed by atoms with Crippen molar-refractivity contribution in [3.05, 3.63) is 36.9 Å². The van der Waals surface area contributed by atoms with Crippen LogP contribution in [0.1, 0.15) is 0 Å². The molecule has 0 radical (unpaired) electrons. The van der Waals surface area contributed by atoms with Crippen molar-refractivity contribution in [1.29, 1.82) is 0 Å². The van der Waals surface area contributed by atoms with Gasteiger partial charge in [-0.25, -0.2) is 9.97 Å². The Bertz CT molecular complexity index is 612. The van der Waals surface area contributed by atoms with Crippen molar-refractivity contribution in [2.24, 2.45) is 0 Å². The lowest BCUT2D eigenvalue weighted by Crippen LogP contribution is -1.90. The van der Waals surface area contributed by atoms with Crippen LogP contribution in [0.25, 0.3) is 16.4 Å². The molecule has 2 N–H and O–H groups in total. The SMILES string of the molecule is Nc1ncnc2cn3ccccc3c12. The molecule has 0 aliphatic carbocycles. The zero-order valence-corrected chi connectivity index (χ0v) is 7.38. The van der Waals surface area contributed by atoms with Gasteiger partial charge in [0, 0.05) is 12.4 Å². The van der Waals surface area contributed by atoms with E-state index < -0.39 is 0 Å². The number of hydrogen-bond acceptors (Lipinski definition) is 3. The Labute approximate surface area is 80.0 Å². The van der Waals surface area contributed by atoms with E-state index in [2.05, 4.69) is 9.97 Å². The number of pyridine rings is 1. The lowest BCUT2D eigenvalue weighted by atomic mass is 10.3. The molecule has 0 aromatic carbocycles. The van der Waals surface area contributed by atoms with E-state index in [1.807, 2.05) is 35.0 Å². The quantitative estimate of drug-likeness (QED) is 0.575. The first-order valence-electron chi connectivity index (χ1n) is 4.32. The highest BCUT2D eigenvalue weighted by Gasteiger charge is 2.06. The lowest BCUT2D eigenvalue weighted by molar-refractivity contribution is 1.19. The zero-order valence-electron chi connectivity index (χ0n) is 7.38. The summed E-state index contributed by atoms with van der Waals surface area (Å²) in [6.07, 6.45) is 5.40. The molecular formula is C10H8N4. The van der Waals surface area contributed by atoms with Gasteiger partial charge in [0.1, 0.15) is 12.1 Å². The molecule has 3 aromatic heterocycles. The number of nitrogen functional groups attached to an aromatic ring is 1. The minimum Gasteiger partial charge on any atom is -0.383 e. The van der Waals surface area contributed by atoms with Gasteiger partial charge in [-0.15, -0.1) is 0 Å². The van der Waals surface area contributed by atoms with Crippen LogP contribution in [0.15, 0.2) is 36.9 Å². The van der Waals surface area contributed by atoms with E-state index in [0.717, 1.165) is 16.4 Å². The molecule has 0 fully saturated rings. The number of nitrogens with zero attached hydrogens (tertiary/aromatic N) is 3. The van der Waals surface area contributed by atoms with Gasteiger partial charge >= 0.3 is 0 Å². The van der Waals surface area contributed by atoms with Crippen molar-refractivity contribution in [3.8, 4) is 0 Å². The van der Waals surface area contributed by atoms with E-state index >= 15 is 0 Å². The number of nitrogens with two attached hydrogens (primary N) is 1. The summed E-state index contributed by atoms with van der Waals surface area (Å²) in [5.74, 6) is 0.531. The highest BCUT2D eigenvalue weighted by molar-refractivity contribution is 6.01. The number of fused-ring (bicyclic) bond motifs is 3. The maximum Gasteiger partial charge on any atom is 0.136 e. The van der Waals surface area contributed by atoms with Crippen LogP contribution in [0.5, 0.6) is 0 Å². The second-order valence-corrected chi connectivity index (χ2v) is 3.14. The molecule has 3 heterocycles. The summed E-state index contributed by atoms with van der Waals surface area (Å²) >= 11 is 0. The van der Waals surface area contributed by atoms with Crippen molar-refractivity contribution in [1.82, 2.24) is 14.4 Å². The fourth-order valence-electron chi connectivity index (χ4n) is 1.69. The van der Waals surface area contributed by atoms with Crippen molar-refractivity contribution < 1.29 is 0 Å². The summed E-state index contributed by atoms with van der Waals surface area (Å²) in [6.45, 7) is 0. The highest BCUT2D eigenvalue weighted by atomic mass is 15.0. The van der Waals surface area contributed by atoms with E-state index in [1.54, 1.807) is 0 Å². The molecule has 0 bridgehead atoms. The zero-order chi connectivity index (χ0) is 9.54. The summed E-state index contributed by atoms with van der Waals surface area (Å²) in [7, 11) is 0. The third-order valence-corrected chi connectivity index (χ3v) is 2.31. The predicted molar refractivity (Wildman–Crippen MR) is 54.9 cm³/mol. The first-order chi connectivity index (χ1) is 6.86. The maximum absolute atomic E-state index is 5.80. The molecule has 3 aromatic rings. The van der Waals surface area contributed by atoms with Gasteiger partial charge in [0.2, 0.25) is 0 Å². The topological polar surface area (TPSA) is 56.2 Å². The monoisotopic (exact) mass is 184 g/mol. The van der Waals surface area contributed by atoms with Crippen LogP contribution < -0.4 is 5.73 Å². The molecule has 14 heavy (non-hydrogen) atoms. The van der Waals surface area contributed by atoms with Crippen LogP contribution in [0.4, 0.5) is 5.82 Å². The average Bonchev–Trinajstić information content (AvgIpc) is 2.57. The second kappa shape index (κ2) is 2.45. The molecular weight excluding hydrogens is 176 g/mol. The minimum absolute atomic E-state index is 0.531. The predicted octanol–water partition coefficient (Wildman–Crippen LogP) is 1.46. The normalized spacial score (nSPS) is 11.1. The summed E-state index contributed by atoms with van der Waals surface area (Å²) in [5.41, 5.74) is 7.72. The summed E-state index contributed by atoms with van der Waals surface area (Å²) in [4.78, 5) is 8.15. The summed E-state index contributed by atoms with van der Waals surface area (Å²) in [6, 6.07) is 5.94. The Morgan fingerprint density at radius 2 is 2.14 bits per heavy atom. The van der Waals surface area contributed by atoms with Gasteiger partial charge in [-0.2, -0.15) is 0 Å². The first-order valence-corrected chi connectivity index (χ1v) is 4.32. The minimum atomic E-state index is 0.531. The van der Waals surface area contributed by atoms with E-state index in [-0.39, 0.29) is 0 Å². The van der Waals surface area contributed by atoms with Crippen LogP contribution >= 0.6 is 0 Å². The average molecular weight is 184 g/mol. The van der Waals surface area contributed by atoms with Crippen LogP contribution in [0.2, 0.25) is 0 Å². The number of hydrogen-bond donors (Lipinski definition) is 1. The molecule has 0 unspecified atom stereocenters. The number of anilines is 1. The number of aromatic nitrogens is 3. The van der Waals surface area contributed by atoms with Gasteiger partial charge in [0.25, 0.3) is 0 Å². The van der Waals surface area contributed by atoms with E-state index in [4.69, 9.17) is 5.73 Å². The Morgan fingerprint density at radius 1 is 1.21 bits per heavy atom. The van der Waals surface area contributed by atoms with Crippen molar-refractivity contribution in [2.45, 2.75) is 0 Å². The lowest BCUT2D eigenvalue weighted by Gasteiger charge is -1.94. The van der Waals surface area contributed by atoms with Gasteiger partial charge in [-0.3, -0.25) is 0 Å². The van der Waals surface area contributed by atoms with Crippen LogP contribution in [0, 0.1) is 0 Å². The van der Waals surface area contributed by atoms with Gasteiger partial charge in [0.05, 0.1) is 16.4 Å². The number of rotatable bonds is 0. The second-order valence-electron chi connectivity index (χ2n) is 3.14. The molecule has 4 nitrogen and oxygen atoms in total. The molecule has 0 atom stereocenters. The molecule has 0 saturated carbocycles. The highest BCUT2D eigenvalue weighted by Crippen LogP contribution is 2.23. The molecule has 0 aliphatic heterocycles. The third kappa shape index (κ3) is 0.821. The van der Waals surface area contributed by atoms with E-state index in [1.165, 1.54) is 6.33 Å². The molecule has 3 rings (SSSR count). The van der Waals surface area contributed by atoms with Crippen molar-refractivity contribution in [2.75, 3.05) is 5.73 Å². The molecule has 4 heteroatoms. The molecule has 68 valence electrons. The largest absolute Gasteiger partial charge is 0.383 e. The Kier molecular flexibility index (Phi) is 1.28. The Hall–Kier alpha value is -2.10. The Balaban J connectivity index is 2.65. The smallest absolute Gasteiger partial charge is 0.136 e. The summed E-state index contributed by atoms with van der Waals surface area (Å²) < 4.78 is 2.00. The Morgan fingerprint density at radius 3 is 3.07 bits per heavy atom. The van der Waals surface area contributed by atoms with Crippen LogP contribution in [-0.4, -0.2) is 14.4 Å². The van der Waals surface area contributed by atoms with Gasteiger partial charge in [0.15, 0.2) is 0 Å². The summed E-state index contributed by atoms with van der Waals surface area (Å²) in [5, 5.41) is 0.924. The van der Waals surface area contributed by atoms with Crippen molar-refractivity contribution in [3.63, 3.8) is 0 Å². The molecule has 0 amide bonds. The van der Waals surface area contributed by atoms with Gasteiger partial charge in [-0.1, -0.05) is 6.07 Å².